The molecule has 0 saturated carbocycles. The van der Waals surface area contributed by atoms with E-state index >= 15 is 0 Å². The van der Waals surface area contributed by atoms with Gasteiger partial charge in [-0.1, -0.05) is 15.9 Å². The molecular formula is C13H8Br2F2N2O. The summed E-state index contributed by atoms with van der Waals surface area (Å²) in [6, 6.07) is 6.57. The third-order valence-corrected chi connectivity index (χ3v) is 3.68. The quantitative estimate of drug-likeness (QED) is 0.731. The number of carbonyl (C=O) groups is 1. The molecule has 7 heteroatoms. The maximum absolute atomic E-state index is 13.6. The van der Waals surface area contributed by atoms with Gasteiger partial charge in [-0.15, -0.1) is 0 Å². The van der Waals surface area contributed by atoms with Crippen LogP contribution in [0.2, 0.25) is 0 Å². The van der Waals surface area contributed by atoms with Gasteiger partial charge in [-0.2, -0.15) is 0 Å². The fourth-order valence-corrected chi connectivity index (χ4v) is 2.37. The molecule has 0 bridgehead atoms. The van der Waals surface area contributed by atoms with E-state index in [0.29, 0.717) is 20.6 Å². The lowest BCUT2D eigenvalue weighted by Crippen LogP contribution is -2.15. The predicted octanol–water partition coefficient (Wildman–Crippen LogP) is 4.32. The molecule has 3 N–H and O–H groups in total. The highest BCUT2D eigenvalue weighted by atomic mass is 79.9. The van der Waals surface area contributed by atoms with E-state index in [4.69, 9.17) is 5.73 Å². The van der Waals surface area contributed by atoms with Crippen molar-refractivity contribution in [3.63, 3.8) is 0 Å². The van der Waals surface area contributed by atoms with Crippen LogP contribution < -0.4 is 11.1 Å². The first kappa shape index (κ1) is 14.9. The molecule has 20 heavy (non-hydrogen) atoms. The summed E-state index contributed by atoms with van der Waals surface area (Å²) in [5, 5.41) is 2.33. The molecule has 3 nitrogen and oxygen atoms in total. The summed E-state index contributed by atoms with van der Waals surface area (Å²) in [4.78, 5) is 12.1. The summed E-state index contributed by atoms with van der Waals surface area (Å²) in [6.45, 7) is 0. The van der Waals surface area contributed by atoms with Crippen molar-refractivity contribution in [2.45, 2.75) is 0 Å². The van der Waals surface area contributed by atoms with Gasteiger partial charge in [0.15, 0.2) is 5.82 Å². The third kappa shape index (κ3) is 3.16. The van der Waals surface area contributed by atoms with Crippen LogP contribution in [0.25, 0.3) is 0 Å². The van der Waals surface area contributed by atoms with E-state index in [2.05, 4.69) is 37.2 Å². The number of benzene rings is 2. The molecule has 2 rings (SSSR count). The first-order valence-electron chi connectivity index (χ1n) is 5.39. The lowest BCUT2D eigenvalue weighted by atomic mass is 10.2. The number of nitrogens with two attached hydrogens (primary N) is 1. The summed E-state index contributed by atoms with van der Waals surface area (Å²) in [5.74, 6) is -2.29. The van der Waals surface area contributed by atoms with Crippen LogP contribution in [0.3, 0.4) is 0 Å². The highest BCUT2D eigenvalue weighted by molar-refractivity contribution is 9.11. The fraction of sp³-hybridized carbons (Fsp3) is 0. The molecule has 2 aromatic rings. The molecular weight excluding hydrogens is 398 g/mol. The van der Waals surface area contributed by atoms with Crippen LogP contribution in [0.15, 0.2) is 39.3 Å². The number of nitrogens with one attached hydrogen (secondary N) is 1. The number of halogens is 4. The van der Waals surface area contributed by atoms with Gasteiger partial charge in [-0.3, -0.25) is 4.79 Å². The van der Waals surface area contributed by atoms with Crippen LogP contribution in [-0.2, 0) is 0 Å². The van der Waals surface area contributed by atoms with Crippen molar-refractivity contribution < 1.29 is 13.6 Å². The van der Waals surface area contributed by atoms with Crippen LogP contribution in [0.1, 0.15) is 10.4 Å². The van der Waals surface area contributed by atoms with E-state index in [1.807, 2.05) is 0 Å². The Morgan fingerprint density at radius 3 is 2.50 bits per heavy atom. The van der Waals surface area contributed by atoms with Crippen molar-refractivity contribution >= 4 is 49.1 Å². The summed E-state index contributed by atoms with van der Waals surface area (Å²) in [7, 11) is 0. The van der Waals surface area contributed by atoms with E-state index in [0.717, 1.165) is 6.07 Å². The molecule has 0 aromatic heterocycles. The first-order valence-corrected chi connectivity index (χ1v) is 6.98. The monoisotopic (exact) mass is 404 g/mol. The number of amides is 1. The van der Waals surface area contributed by atoms with Crippen LogP contribution in [0.4, 0.5) is 20.2 Å². The number of hydrogen-bond donors (Lipinski definition) is 2. The SMILES string of the molecule is Nc1cc(F)cc(F)c1NC(=O)c1cc(Br)ccc1Br. The molecule has 0 saturated heterocycles. The molecule has 2 aromatic carbocycles. The maximum Gasteiger partial charge on any atom is 0.256 e. The van der Waals surface area contributed by atoms with Gasteiger partial charge in [-0.25, -0.2) is 8.78 Å². The maximum atomic E-state index is 13.6. The van der Waals surface area contributed by atoms with Crippen molar-refractivity contribution in [1.82, 2.24) is 0 Å². The van der Waals surface area contributed by atoms with E-state index in [-0.39, 0.29) is 11.4 Å². The first-order chi connectivity index (χ1) is 9.38. The number of hydrogen-bond acceptors (Lipinski definition) is 2. The van der Waals surface area contributed by atoms with E-state index in [1.165, 1.54) is 0 Å². The van der Waals surface area contributed by atoms with Gasteiger partial charge < -0.3 is 11.1 Å². The highest BCUT2D eigenvalue weighted by Gasteiger charge is 2.16. The average Bonchev–Trinajstić information content (AvgIpc) is 2.36. The molecule has 104 valence electrons. The Kier molecular flexibility index (Phi) is 4.39. The molecule has 0 aliphatic carbocycles. The van der Waals surface area contributed by atoms with Crippen molar-refractivity contribution in [3.05, 3.63) is 56.5 Å². The Hall–Kier alpha value is -1.47. The summed E-state index contributed by atoms with van der Waals surface area (Å²) in [5.41, 5.74) is 5.37. The van der Waals surface area contributed by atoms with E-state index < -0.39 is 17.5 Å². The highest BCUT2D eigenvalue weighted by Crippen LogP contribution is 2.27. The fourth-order valence-electron chi connectivity index (χ4n) is 1.58. The number of rotatable bonds is 2. The minimum Gasteiger partial charge on any atom is -0.397 e. The molecule has 0 aliphatic rings. The van der Waals surface area contributed by atoms with Gasteiger partial charge in [0.25, 0.3) is 5.91 Å². The Morgan fingerprint density at radius 1 is 1.15 bits per heavy atom. The summed E-state index contributed by atoms with van der Waals surface area (Å²) in [6.07, 6.45) is 0. The molecule has 0 aliphatic heterocycles. The van der Waals surface area contributed by atoms with E-state index in [9.17, 15) is 13.6 Å². The van der Waals surface area contributed by atoms with Crippen molar-refractivity contribution in [2.75, 3.05) is 11.1 Å². The normalized spacial score (nSPS) is 10.4. The zero-order valence-electron chi connectivity index (χ0n) is 9.88. The molecule has 0 fully saturated rings. The largest absolute Gasteiger partial charge is 0.397 e. The van der Waals surface area contributed by atoms with Gasteiger partial charge in [0, 0.05) is 15.0 Å². The van der Waals surface area contributed by atoms with Crippen LogP contribution in [0.5, 0.6) is 0 Å². The topological polar surface area (TPSA) is 55.1 Å². The molecule has 0 atom stereocenters. The minimum atomic E-state index is -0.929. The van der Waals surface area contributed by atoms with Gasteiger partial charge in [0.2, 0.25) is 0 Å². The van der Waals surface area contributed by atoms with Crippen LogP contribution in [-0.4, -0.2) is 5.91 Å². The lowest BCUT2D eigenvalue weighted by molar-refractivity contribution is 0.102. The summed E-state index contributed by atoms with van der Waals surface area (Å²) < 4.78 is 27.8. The number of carbonyl (C=O) groups excluding carboxylic acids is 1. The second-order valence-corrected chi connectivity index (χ2v) is 5.70. The van der Waals surface area contributed by atoms with Crippen molar-refractivity contribution in [3.8, 4) is 0 Å². The number of nitrogen functional groups attached to an aromatic ring is 1. The molecule has 0 unspecified atom stereocenters. The Morgan fingerprint density at radius 2 is 1.85 bits per heavy atom. The third-order valence-electron chi connectivity index (χ3n) is 2.50. The molecule has 0 radical (unpaired) electrons. The molecule has 0 spiro atoms. The zero-order chi connectivity index (χ0) is 14.9. The molecule has 1 amide bonds. The second kappa shape index (κ2) is 5.88. The van der Waals surface area contributed by atoms with E-state index in [1.54, 1.807) is 18.2 Å². The Labute approximate surface area is 130 Å². The van der Waals surface area contributed by atoms with Crippen LogP contribution in [0, 0.1) is 11.6 Å². The van der Waals surface area contributed by atoms with Crippen molar-refractivity contribution in [2.24, 2.45) is 0 Å². The Bertz CT molecular complexity index is 669. The Balaban J connectivity index is 2.35. The lowest BCUT2D eigenvalue weighted by Gasteiger charge is -2.10. The van der Waals surface area contributed by atoms with Crippen molar-refractivity contribution in [1.29, 1.82) is 0 Å². The summed E-state index contributed by atoms with van der Waals surface area (Å²) >= 11 is 6.47. The minimum absolute atomic E-state index is 0.179. The zero-order valence-corrected chi connectivity index (χ0v) is 13.1. The predicted molar refractivity (Wildman–Crippen MR) is 80.6 cm³/mol. The second-order valence-electron chi connectivity index (χ2n) is 3.93. The number of anilines is 2. The van der Waals surface area contributed by atoms with Gasteiger partial charge >= 0.3 is 0 Å². The van der Waals surface area contributed by atoms with Gasteiger partial charge in [0.1, 0.15) is 11.5 Å². The van der Waals surface area contributed by atoms with Crippen LogP contribution >= 0.6 is 31.9 Å². The smallest absolute Gasteiger partial charge is 0.256 e. The standard InChI is InChI=1S/C13H8Br2F2N2O/c14-6-1-2-9(15)8(3-6)13(20)19-12-10(17)4-7(16)5-11(12)18/h1-5H,18H2,(H,19,20). The van der Waals surface area contributed by atoms with Gasteiger partial charge in [-0.05, 0) is 40.2 Å². The molecule has 0 heterocycles. The van der Waals surface area contributed by atoms with Gasteiger partial charge in [0.05, 0.1) is 11.3 Å². The average molecular weight is 406 g/mol.